The minimum atomic E-state index is -1.20. The summed E-state index contributed by atoms with van der Waals surface area (Å²) in [6.07, 6.45) is 0.786. The van der Waals surface area contributed by atoms with Crippen LogP contribution < -0.4 is 14.8 Å². The van der Waals surface area contributed by atoms with Crippen molar-refractivity contribution in [1.82, 2.24) is 10.2 Å². The number of amides is 3. The summed E-state index contributed by atoms with van der Waals surface area (Å²) >= 11 is 12.0. The van der Waals surface area contributed by atoms with Crippen LogP contribution in [0, 0.1) is 0 Å². The molecule has 2 aliphatic heterocycles. The second-order valence-electron chi connectivity index (χ2n) is 6.91. The molecule has 0 spiro atoms. The van der Waals surface area contributed by atoms with E-state index in [4.69, 9.17) is 32.7 Å². The highest BCUT2D eigenvalue weighted by atomic mass is 35.5. The number of rotatable bonds is 3. The first-order chi connectivity index (χ1) is 13.4. The number of nitrogens with zero attached hydrogens (tertiary/aromatic N) is 1. The summed E-state index contributed by atoms with van der Waals surface area (Å²) in [6.45, 7) is 2.90. The molecule has 6 nitrogen and oxygen atoms in total. The third-order valence-electron chi connectivity index (χ3n) is 4.92. The van der Waals surface area contributed by atoms with Crippen molar-refractivity contribution < 1.29 is 19.1 Å². The molecule has 2 aromatic carbocycles. The lowest BCUT2D eigenvalue weighted by Gasteiger charge is -2.23. The quantitative estimate of drug-likeness (QED) is 0.758. The van der Waals surface area contributed by atoms with Crippen LogP contribution in [-0.4, -0.2) is 30.1 Å². The van der Waals surface area contributed by atoms with Gasteiger partial charge in [0.15, 0.2) is 11.5 Å². The summed E-state index contributed by atoms with van der Waals surface area (Å²) in [7, 11) is 0. The Bertz CT molecular complexity index is 965. The zero-order valence-corrected chi connectivity index (χ0v) is 16.6. The highest BCUT2D eigenvalue weighted by molar-refractivity contribution is 6.42. The maximum atomic E-state index is 13.1. The van der Waals surface area contributed by atoms with Crippen molar-refractivity contribution in [3.05, 3.63) is 57.6 Å². The first-order valence-corrected chi connectivity index (χ1v) is 9.62. The lowest BCUT2D eigenvalue weighted by molar-refractivity contribution is -0.131. The smallest absolute Gasteiger partial charge is 0.325 e. The van der Waals surface area contributed by atoms with E-state index in [-0.39, 0.29) is 12.5 Å². The number of urea groups is 1. The molecule has 1 unspecified atom stereocenters. The number of hydrogen-bond donors (Lipinski definition) is 1. The lowest BCUT2D eigenvalue weighted by Crippen LogP contribution is -2.40. The topological polar surface area (TPSA) is 67.9 Å². The van der Waals surface area contributed by atoms with Gasteiger partial charge in [-0.1, -0.05) is 35.3 Å². The Balaban J connectivity index is 1.62. The van der Waals surface area contributed by atoms with Gasteiger partial charge in [0, 0.05) is 6.42 Å². The molecule has 0 saturated carbocycles. The molecule has 1 atom stereocenters. The van der Waals surface area contributed by atoms with Gasteiger partial charge in [-0.05, 0) is 42.3 Å². The first-order valence-electron chi connectivity index (χ1n) is 8.86. The Morgan fingerprint density at radius 1 is 1.04 bits per heavy atom. The summed E-state index contributed by atoms with van der Waals surface area (Å²) in [5.41, 5.74) is 0.144. The number of ether oxygens (including phenoxy) is 2. The molecular formula is C20H18Cl2N2O4. The van der Waals surface area contributed by atoms with E-state index in [1.807, 2.05) is 0 Å². The minimum Gasteiger partial charge on any atom is -0.490 e. The van der Waals surface area contributed by atoms with E-state index >= 15 is 0 Å². The molecule has 2 aliphatic rings. The van der Waals surface area contributed by atoms with E-state index in [9.17, 15) is 9.59 Å². The van der Waals surface area contributed by atoms with E-state index in [0.29, 0.717) is 45.9 Å². The summed E-state index contributed by atoms with van der Waals surface area (Å²) in [6, 6.07) is 9.84. The van der Waals surface area contributed by atoms with Crippen molar-refractivity contribution in [1.29, 1.82) is 0 Å². The van der Waals surface area contributed by atoms with Crippen LogP contribution in [0.15, 0.2) is 36.4 Å². The van der Waals surface area contributed by atoms with Gasteiger partial charge in [0.1, 0.15) is 5.54 Å². The maximum absolute atomic E-state index is 13.1. The van der Waals surface area contributed by atoms with Crippen LogP contribution in [0.2, 0.25) is 10.0 Å². The van der Waals surface area contributed by atoms with Crippen LogP contribution >= 0.6 is 23.2 Å². The third-order valence-corrected chi connectivity index (χ3v) is 5.66. The highest BCUT2D eigenvalue weighted by Crippen LogP contribution is 2.37. The highest BCUT2D eigenvalue weighted by Gasteiger charge is 2.49. The van der Waals surface area contributed by atoms with E-state index in [1.54, 1.807) is 43.3 Å². The molecule has 4 rings (SSSR count). The van der Waals surface area contributed by atoms with Crippen molar-refractivity contribution >= 4 is 35.1 Å². The average molecular weight is 421 g/mol. The Kier molecular flexibility index (Phi) is 4.85. The van der Waals surface area contributed by atoms with Crippen molar-refractivity contribution in [2.24, 2.45) is 0 Å². The van der Waals surface area contributed by atoms with Gasteiger partial charge in [-0.3, -0.25) is 9.69 Å². The van der Waals surface area contributed by atoms with Gasteiger partial charge in [0.05, 0.1) is 29.8 Å². The zero-order chi connectivity index (χ0) is 19.9. The molecule has 2 aromatic rings. The molecule has 0 aromatic heterocycles. The average Bonchev–Trinajstić information content (AvgIpc) is 2.85. The third kappa shape index (κ3) is 3.27. The molecule has 1 N–H and O–H groups in total. The molecule has 2 heterocycles. The molecule has 28 heavy (non-hydrogen) atoms. The lowest BCUT2D eigenvalue weighted by atomic mass is 9.91. The number of fused-ring (bicyclic) bond motifs is 1. The van der Waals surface area contributed by atoms with Gasteiger partial charge < -0.3 is 14.8 Å². The normalized spacial score (nSPS) is 21.5. The van der Waals surface area contributed by atoms with Gasteiger partial charge >= 0.3 is 6.03 Å². The maximum Gasteiger partial charge on any atom is 0.325 e. The minimum absolute atomic E-state index is 0.0989. The molecule has 1 saturated heterocycles. The molecule has 3 amide bonds. The van der Waals surface area contributed by atoms with Gasteiger partial charge in [0.25, 0.3) is 5.91 Å². The molecular weight excluding hydrogens is 403 g/mol. The van der Waals surface area contributed by atoms with Crippen molar-refractivity contribution in [2.75, 3.05) is 13.2 Å². The Hall–Kier alpha value is -2.44. The molecule has 146 valence electrons. The van der Waals surface area contributed by atoms with E-state index in [1.165, 1.54) is 4.90 Å². The molecule has 0 radical (unpaired) electrons. The number of halogens is 2. The van der Waals surface area contributed by atoms with Gasteiger partial charge in [-0.25, -0.2) is 4.79 Å². The van der Waals surface area contributed by atoms with E-state index in [2.05, 4.69) is 5.32 Å². The van der Waals surface area contributed by atoms with Crippen molar-refractivity contribution in [3.8, 4) is 11.5 Å². The summed E-state index contributed by atoms with van der Waals surface area (Å²) in [4.78, 5) is 26.9. The van der Waals surface area contributed by atoms with Crippen LogP contribution in [0.25, 0.3) is 0 Å². The Morgan fingerprint density at radius 3 is 2.54 bits per heavy atom. The molecule has 8 heteroatoms. The number of imide groups is 1. The fourth-order valence-corrected chi connectivity index (χ4v) is 3.65. The summed E-state index contributed by atoms with van der Waals surface area (Å²) < 4.78 is 11.3. The first kappa shape index (κ1) is 18.9. The monoisotopic (exact) mass is 420 g/mol. The summed E-state index contributed by atoms with van der Waals surface area (Å²) in [5, 5.41) is 3.59. The zero-order valence-electron chi connectivity index (χ0n) is 15.1. The number of nitrogens with one attached hydrogen (secondary N) is 1. The largest absolute Gasteiger partial charge is 0.490 e. The Morgan fingerprint density at radius 2 is 1.79 bits per heavy atom. The van der Waals surface area contributed by atoms with Crippen LogP contribution in [0.4, 0.5) is 4.79 Å². The molecule has 1 fully saturated rings. The SMILES string of the molecule is CC1(c2ccc3c(c2)OCCCO3)NC(=O)N(Cc2ccc(Cl)c(Cl)c2)C1=O. The van der Waals surface area contributed by atoms with Crippen molar-refractivity contribution in [2.45, 2.75) is 25.4 Å². The van der Waals surface area contributed by atoms with E-state index in [0.717, 1.165) is 6.42 Å². The molecule has 0 aliphatic carbocycles. The van der Waals surface area contributed by atoms with Gasteiger partial charge in [0.2, 0.25) is 0 Å². The second-order valence-corrected chi connectivity index (χ2v) is 7.72. The standard InChI is InChI=1S/C20H18Cl2N2O4/c1-20(13-4-6-16-17(10-13)28-8-2-7-27-16)18(25)24(19(26)23-20)11-12-3-5-14(21)15(22)9-12/h3-6,9-10H,2,7-8,11H2,1H3,(H,23,26). The fourth-order valence-electron chi connectivity index (χ4n) is 3.33. The number of hydrogen-bond acceptors (Lipinski definition) is 4. The fraction of sp³-hybridized carbons (Fsp3) is 0.300. The van der Waals surface area contributed by atoms with Gasteiger partial charge in [-0.2, -0.15) is 0 Å². The van der Waals surface area contributed by atoms with Crippen LogP contribution in [0.3, 0.4) is 0 Å². The predicted octanol–water partition coefficient (Wildman–Crippen LogP) is 4.12. The predicted molar refractivity (Wildman–Crippen MR) is 105 cm³/mol. The number of carbonyl (C=O) groups excluding carboxylic acids is 2. The second kappa shape index (κ2) is 7.18. The van der Waals surface area contributed by atoms with Crippen LogP contribution in [0.5, 0.6) is 11.5 Å². The van der Waals surface area contributed by atoms with Crippen LogP contribution in [0.1, 0.15) is 24.5 Å². The number of benzene rings is 2. The van der Waals surface area contributed by atoms with Gasteiger partial charge in [-0.15, -0.1) is 0 Å². The van der Waals surface area contributed by atoms with Crippen LogP contribution in [-0.2, 0) is 16.9 Å². The van der Waals surface area contributed by atoms with E-state index < -0.39 is 11.6 Å². The summed E-state index contributed by atoms with van der Waals surface area (Å²) in [5.74, 6) is 0.855. The number of carbonyl (C=O) groups is 2. The van der Waals surface area contributed by atoms with Crippen molar-refractivity contribution in [3.63, 3.8) is 0 Å². The molecule has 0 bridgehead atoms. The Labute approximate surface area is 172 Å².